The number of fused-ring (bicyclic) bond motifs is 1. The number of rotatable bonds is 3. The molecule has 5 heteroatoms. The number of alkyl halides is 1. The van der Waals surface area contributed by atoms with Crippen molar-refractivity contribution in [3.63, 3.8) is 0 Å². The Kier molecular flexibility index (Phi) is 4.21. The van der Waals surface area contributed by atoms with Gasteiger partial charge in [-0.15, -0.1) is 0 Å². The SMILES string of the molecule is Cc1ccc(S(=O)(=O)N2C[C@H]3[C@H](I)[C@H](c4ccccc4)[C@H]3C2)cc1. The van der Waals surface area contributed by atoms with E-state index in [0.29, 0.717) is 39.7 Å². The molecule has 24 heavy (non-hydrogen) atoms. The molecule has 1 heterocycles. The van der Waals surface area contributed by atoms with E-state index < -0.39 is 10.0 Å². The molecule has 0 unspecified atom stereocenters. The molecule has 0 aromatic heterocycles. The molecule has 0 radical (unpaired) electrons. The molecular weight excluding hydrogens is 433 g/mol. The Labute approximate surface area is 157 Å². The van der Waals surface area contributed by atoms with Crippen LogP contribution in [0.15, 0.2) is 59.5 Å². The van der Waals surface area contributed by atoms with E-state index in [9.17, 15) is 8.42 Å². The fourth-order valence-electron chi connectivity index (χ4n) is 4.05. The number of hydrogen-bond donors (Lipinski definition) is 0. The molecule has 2 aromatic carbocycles. The minimum absolute atomic E-state index is 0.413. The molecule has 4 atom stereocenters. The van der Waals surface area contributed by atoms with E-state index in [-0.39, 0.29) is 0 Å². The van der Waals surface area contributed by atoms with Crippen LogP contribution in [0.3, 0.4) is 0 Å². The van der Waals surface area contributed by atoms with Gasteiger partial charge in [-0.2, -0.15) is 4.31 Å². The Hall–Kier alpha value is -0.920. The van der Waals surface area contributed by atoms with Gasteiger partial charge in [0.05, 0.1) is 4.90 Å². The van der Waals surface area contributed by atoms with E-state index >= 15 is 0 Å². The second-order valence-corrected chi connectivity index (χ2v) is 10.2. The lowest BCUT2D eigenvalue weighted by molar-refractivity contribution is 0.216. The zero-order valence-corrected chi connectivity index (χ0v) is 16.4. The maximum Gasteiger partial charge on any atom is 0.243 e. The average molecular weight is 453 g/mol. The summed E-state index contributed by atoms with van der Waals surface area (Å²) in [6.07, 6.45) is 0. The van der Waals surface area contributed by atoms with Crippen molar-refractivity contribution in [1.82, 2.24) is 4.31 Å². The fraction of sp³-hybridized carbons (Fsp3) is 0.368. The lowest BCUT2D eigenvalue weighted by atomic mass is 9.64. The van der Waals surface area contributed by atoms with Crippen molar-refractivity contribution in [2.45, 2.75) is 21.7 Å². The third kappa shape index (κ3) is 2.61. The molecule has 4 rings (SSSR count). The first-order valence-corrected chi connectivity index (χ1v) is 10.9. The molecule has 2 aromatic rings. The highest BCUT2D eigenvalue weighted by Gasteiger charge is 2.56. The first-order valence-electron chi connectivity index (χ1n) is 8.24. The van der Waals surface area contributed by atoms with Gasteiger partial charge in [0.2, 0.25) is 10.0 Å². The van der Waals surface area contributed by atoms with E-state index in [2.05, 4.69) is 46.9 Å². The molecule has 1 aliphatic carbocycles. The lowest BCUT2D eigenvalue weighted by Crippen LogP contribution is -2.44. The number of aryl methyl sites for hydroxylation is 1. The Bertz CT molecular complexity index is 835. The minimum Gasteiger partial charge on any atom is -0.207 e. The zero-order chi connectivity index (χ0) is 16.9. The van der Waals surface area contributed by atoms with Crippen LogP contribution in [0, 0.1) is 18.8 Å². The van der Waals surface area contributed by atoms with Gasteiger partial charge in [-0.1, -0.05) is 70.6 Å². The van der Waals surface area contributed by atoms with E-state index in [1.54, 1.807) is 16.4 Å². The van der Waals surface area contributed by atoms with Crippen LogP contribution in [0.4, 0.5) is 0 Å². The second-order valence-electron chi connectivity index (χ2n) is 6.84. The maximum absolute atomic E-state index is 12.9. The Balaban J connectivity index is 1.58. The first-order chi connectivity index (χ1) is 11.5. The van der Waals surface area contributed by atoms with Crippen LogP contribution in [-0.4, -0.2) is 29.7 Å². The first kappa shape index (κ1) is 16.5. The van der Waals surface area contributed by atoms with E-state index in [4.69, 9.17) is 0 Å². The summed E-state index contributed by atoms with van der Waals surface area (Å²) in [5.41, 5.74) is 2.42. The van der Waals surface area contributed by atoms with Gasteiger partial charge in [0, 0.05) is 22.9 Å². The van der Waals surface area contributed by atoms with Crippen LogP contribution in [-0.2, 0) is 10.0 Å². The van der Waals surface area contributed by atoms with Crippen molar-refractivity contribution in [3.05, 3.63) is 65.7 Å². The number of hydrogen-bond acceptors (Lipinski definition) is 2. The van der Waals surface area contributed by atoms with Crippen LogP contribution in [0.25, 0.3) is 0 Å². The van der Waals surface area contributed by atoms with E-state index in [0.717, 1.165) is 5.56 Å². The summed E-state index contributed by atoms with van der Waals surface area (Å²) in [5.74, 6) is 1.38. The largest absolute Gasteiger partial charge is 0.243 e. The van der Waals surface area contributed by atoms with Crippen molar-refractivity contribution >= 4 is 32.6 Å². The molecule has 126 valence electrons. The number of halogens is 1. The van der Waals surface area contributed by atoms with Crippen LogP contribution >= 0.6 is 22.6 Å². The molecule has 0 amide bonds. The summed E-state index contributed by atoms with van der Waals surface area (Å²) in [4.78, 5) is 0.413. The molecule has 1 saturated heterocycles. The van der Waals surface area contributed by atoms with Crippen molar-refractivity contribution < 1.29 is 8.42 Å². The van der Waals surface area contributed by atoms with Gasteiger partial charge in [0.15, 0.2) is 0 Å². The third-order valence-corrected chi connectivity index (χ3v) is 8.98. The number of nitrogens with zero attached hydrogens (tertiary/aromatic N) is 1. The summed E-state index contributed by atoms with van der Waals surface area (Å²) in [6, 6.07) is 17.7. The predicted molar refractivity (Wildman–Crippen MR) is 104 cm³/mol. The van der Waals surface area contributed by atoms with E-state index in [1.807, 2.05) is 25.1 Å². The van der Waals surface area contributed by atoms with Crippen LogP contribution in [0.1, 0.15) is 17.0 Å². The zero-order valence-electron chi connectivity index (χ0n) is 13.5. The predicted octanol–water partition coefficient (Wildman–Crippen LogP) is 3.83. The quantitative estimate of drug-likeness (QED) is 0.524. The van der Waals surface area contributed by atoms with Gasteiger partial charge in [0.25, 0.3) is 0 Å². The molecule has 2 aliphatic rings. The highest BCUT2D eigenvalue weighted by molar-refractivity contribution is 14.1. The highest BCUT2D eigenvalue weighted by Crippen LogP contribution is 2.55. The number of benzene rings is 2. The molecule has 0 N–H and O–H groups in total. The van der Waals surface area contributed by atoms with Crippen molar-refractivity contribution in [3.8, 4) is 0 Å². The summed E-state index contributed by atoms with van der Waals surface area (Å²) < 4.78 is 28.1. The van der Waals surface area contributed by atoms with Crippen LogP contribution in [0.2, 0.25) is 0 Å². The van der Waals surface area contributed by atoms with E-state index in [1.165, 1.54) is 5.56 Å². The van der Waals surface area contributed by atoms with Gasteiger partial charge in [-0.3, -0.25) is 0 Å². The van der Waals surface area contributed by atoms with Crippen LogP contribution in [0.5, 0.6) is 0 Å². The van der Waals surface area contributed by atoms with Crippen molar-refractivity contribution in [2.75, 3.05) is 13.1 Å². The highest BCUT2D eigenvalue weighted by atomic mass is 127. The smallest absolute Gasteiger partial charge is 0.207 e. The standard InChI is InChI=1S/C19H20INO2S/c1-13-7-9-15(10-8-13)24(22,23)21-11-16-17(12-21)19(20)18(16)14-5-3-2-4-6-14/h2-10,16-19H,11-12H2,1H3/t16-,17+,18+,19-/m0/s1. The van der Waals surface area contributed by atoms with Gasteiger partial charge < -0.3 is 0 Å². The molecule has 3 nitrogen and oxygen atoms in total. The van der Waals surface area contributed by atoms with Crippen molar-refractivity contribution in [2.24, 2.45) is 11.8 Å². The Morgan fingerprint density at radius 2 is 1.58 bits per heavy atom. The lowest BCUT2D eigenvalue weighted by Gasteiger charge is -2.45. The summed E-state index contributed by atoms with van der Waals surface area (Å²) in [5, 5.41) is 0. The summed E-state index contributed by atoms with van der Waals surface area (Å²) >= 11 is 2.51. The Morgan fingerprint density at radius 3 is 2.25 bits per heavy atom. The molecule has 1 aliphatic heterocycles. The molecule has 1 saturated carbocycles. The molecule has 0 spiro atoms. The summed E-state index contributed by atoms with van der Waals surface area (Å²) in [7, 11) is -3.38. The monoisotopic (exact) mass is 453 g/mol. The second kappa shape index (κ2) is 6.11. The van der Waals surface area contributed by atoms with Gasteiger partial charge >= 0.3 is 0 Å². The van der Waals surface area contributed by atoms with Gasteiger partial charge in [-0.25, -0.2) is 8.42 Å². The van der Waals surface area contributed by atoms with Gasteiger partial charge in [-0.05, 0) is 36.5 Å². The molecule has 0 bridgehead atoms. The molecule has 2 fully saturated rings. The number of sulfonamides is 1. The Morgan fingerprint density at radius 1 is 0.958 bits per heavy atom. The van der Waals surface area contributed by atoms with Crippen LogP contribution < -0.4 is 0 Å². The minimum atomic E-state index is -3.38. The van der Waals surface area contributed by atoms with Gasteiger partial charge in [0.1, 0.15) is 0 Å². The van der Waals surface area contributed by atoms with Crippen molar-refractivity contribution in [1.29, 1.82) is 0 Å². The average Bonchev–Trinajstić information content (AvgIpc) is 2.97. The maximum atomic E-state index is 12.9. The topological polar surface area (TPSA) is 37.4 Å². The normalized spacial score (nSPS) is 29.9. The molecular formula is C19H20INO2S. The summed E-state index contributed by atoms with van der Waals surface area (Å²) in [6.45, 7) is 3.26. The fourth-order valence-corrected chi connectivity index (χ4v) is 7.28. The third-order valence-electron chi connectivity index (χ3n) is 5.44.